The maximum atomic E-state index is 10.7. The van der Waals surface area contributed by atoms with Gasteiger partial charge in [0.05, 0.1) is 5.76 Å². The van der Waals surface area contributed by atoms with E-state index in [1.165, 1.54) is 0 Å². The Hall–Kier alpha value is -0.790. The minimum absolute atomic E-state index is 0.0718. The van der Waals surface area contributed by atoms with Gasteiger partial charge in [-0.05, 0) is 13.8 Å². The topological polar surface area (TPSA) is 26.3 Å². The summed E-state index contributed by atoms with van der Waals surface area (Å²) in [5, 5.41) is 0. The van der Waals surface area contributed by atoms with E-state index < -0.39 is 0 Å². The second-order valence-electron chi connectivity index (χ2n) is 2.35. The van der Waals surface area contributed by atoms with Crippen molar-refractivity contribution in [2.24, 2.45) is 0 Å². The predicted octanol–water partition coefficient (Wildman–Crippen LogP) is 1.27. The van der Waals surface area contributed by atoms with Gasteiger partial charge in [-0.3, -0.25) is 4.79 Å². The Balaban J connectivity index is 2.67. The van der Waals surface area contributed by atoms with Gasteiger partial charge in [-0.15, -0.1) is 0 Å². The van der Waals surface area contributed by atoms with Crippen LogP contribution in [0.2, 0.25) is 0 Å². The third-order valence-corrected chi connectivity index (χ3v) is 1.24. The molecule has 0 aliphatic carbocycles. The first kappa shape index (κ1) is 6.33. The standard InChI is InChI=1S/C7H10O2/c1-5-3-7(8)4-6(2)9-5/h3,6H,4H2,1-2H3. The maximum absolute atomic E-state index is 10.7. The van der Waals surface area contributed by atoms with Crippen molar-refractivity contribution in [3.63, 3.8) is 0 Å². The van der Waals surface area contributed by atoms with Crippen molar-refractivity contribution in [3.05, 3.63) is 11.8 Å². The van der Waals surface area contributed by atoms with Crippen LogP contribution < -0.4 is 0 Å². The van der Waals surface area contributed by atoms with E-state index in [9.17, 15) is 4.79 Å². The number of hydrogen-bond donors (Lipinski definition) is 0. The highest BCUT2D eigenvalue weighted by atomic mass is 16.5. The molecule has 0 N–H and O–H groups in total. The molecule has 0 spiro atoms. The first-order valence-electron chi connectivity index (χ1n) is 3.06. The molecule has 50 valence electrons. The summed E-state index contributed by atoms with van der Waals surface area (Å²) in [7, 11) is 0. The van der Waals surface area contributed by atoms with Gasteiger partial charge >= 0.3 is 0 Å². The highest BCUT2D eigenvalue weighted by Gasteiger charge is 2.13. The fourth-order valence-corrected chi connectivity index (χ4v) is 0.962. The molecule has 0 aromatic rings. The molecule has 2 nitrogen and oxygen atoms in total. The van der Waals surface area contributed by atoms with Crippen LogP contribution in [0.1, 0.15) is 20.3 Å². The average molecular weight is 126 g/mol. The molecule has 1 rings (SSSR count). The quantitative estimate of drug-likeness (QED) is 0.488. The van der Waals surface area contributed by atoms with Crippen molar-refractivity contribution >= 4 is 5.78 Å². The zero-order chi connectivity index (χ0) is 6.85. The van der Waals surface area contributed by atoms with Crippen LogP contribution in [0.4, 0.5) is 0 Å². The van der Waals surface area contributed by atoms with Crippen molar-refractivity contribution < 1.29 is 9.53 Å². The third-order valence-electron chi connectivity index (χ3n) is 1.24. The Bertz CT molecular complexity index is 158. The molecule has 9 heavy (non-hydrogen) atoms. The van der Waals surface area contributed by atoms with E-state index in [-0.39, 0.29) is 11.9 Å². The van der Waals surface area contributed by atoms with Gasteiger partial charge < -0.3 is 4.74 Å². The van der Waals surface area contributed by atoms with Crippen LogP contribution in [0.3, 0.4) is 0 Å². The minimum atomic E-state index is 0.0718. The summed E-state index contributed by atoms with van der Waals surface area (Å²) in [6, 6.07) is 0. The molecule has 0 saturated carbocycles. The molecule has 0 aromatic heterocycles. The van der Waals surface area contributed by atoms with E-state index in [1.807, 2.05) is 6.92 Å². The highest BCUT2D eigenvalue weighted by Crippen LogP contribution is 2.12. The van der Waals surface area contributed by atoms with Gasteiger partial charge in [0.25, 0.3) is 0 Å². The van der Waals surface area contributed by atoms with Crippen molar-refractivity contribution in [2.75, 3.05) is 0 Å². The largest absolute Gasteiger partial charge is 0.495 e. The molecule has 0 amide bonds. The number of ketones is 1. The number of carbonyl (C=O) groups excluding carboxylic acids is 1. The first-order valence-corrected chi connectivity index (χ1v) is 3.06. The Kier molecular flexibility index (Phi) is 1.56. The van der Waals surface area contributed by atoms with Crippen LogP contribution in [0, 0.1) is 0 Å². The lowest BCUT2D eigenvalue weighted by Gasteiger charge is -2.17. The van der Waals surface area contributed by atoms with Crippen LogP contribution in [-0.4, -0.2) is 11.9 Å². The molecule has 0 bridgehead atoms. The molecular formula is C7H10O2. The summed E-state index contributed by atoms with van der Waals surface area (Å²) in [6.07, 6.45) is 2.14. The third kappa shape index (κ3) is 1.56. The lowest BCUT2D eigenvalue weighted by atomic mass is 10.1. The number of hydrogen-bond acceptors (Lipinski definition) is 2. The fourth-order valence-electron chi connectivity index (χ4n) is 0.962. The second-order valence-corrected chi connectivity index (χ2v) is 2.35. The summed E-state index contributed by atoms with van der Waals surface area (Å²) in [6.45, 7) is 3.70. The van der Waals surface area contributed by atoms with Crippen molar-refractivity contribution in [1.29, 1.82) is 0 Å². The van der Waals surface area contributed by atoms with E-state index in [0.29, 0.717) is 6.42 Å². The van der Waals surface area contributed by atoms with Gasteiger partial charge in [-0.2, -0.15) is 0 Å². The molecule has 0 saturated heterocycles. The van der Waals surface area contributed by atoms with Crippen molar-refractivity contribution in [2.45, 2.75) is 26.4 Å². The summed E-state index contributed by atoms with van der Waals surface area (Å²) < 4.78 is 5.20. The first-order chi connectivity index (χ1) is 4.18. The molecule has 0 radical (unpaired) electrons. The number of rotatable bonds is 0. The number of ether oxygens (including phenoxy) is 1. The van der Waals surface area contributed by atoms with Gasteiger partial charge in [0.1, 0.15) is 6.10 Å². The van der Waals surface area contributed by atoms with E-state index in [2.05, 4.69) is 0 Å². The van der Waals surface area contributed by atoms with E-state index in [0.717, 1.165) is 5.76 Å². The fraction of sp³-hybridized carbons (Fsp3) is 0.571. The van der Waals surface area contributed by atoms with Gasteiger partial charge in [0.15, 0.2) is 5.78 Å². The lowest BCUT2D eigenvalue weighted by Crippen LogP contribution is -2.17. The maximum Gasteiger partial charge on any atom is 0.162 e. The lowest BCUT2D eigenvalue weighted by molar-refractivity contribution is -0.118. The number of carbonyl (C=O) groups is 1. The van der Waals surface area contributed by atoms with Crippen LogP contribution >= 0.6 is 0 Å². The summed E-state index contributed by atoms with van der Waals surface area (Å²) in [5.41, 5.74) is 0. The monoisotopic (exact) mass is 126 g/mol. The SMILES string of the molecule is CC1=CC(=O)CC(C)O1. The molecular weight excluding hydrogens is 116 g/mol. The zero-order valence-corrected chi connectivity index (χ0v) is 5.68. The molecule has 1 unspecified atom stereocenters. The normalized spacial score (nSPS) is 27.1. The highest BCUT2D eigenvalue weighted by molar-refractivity contribution is 5.90. The molecule has 1 aliphatic heterocycles. The van der Waals surface area contributed by atoms with E-state index >= 15 is 0 Å². The molecule has 0 fully saturated rings. The van der Waals surface area contributed by atoms with Crippen LogP contribution in [0.25, 0.3) is 0 Å². The molecule has 1 heterocycles. The minimum Gasteiger partial charge on any atom is -0.495 e. The van der Waals surface area contributed by atoms with Gasteiger partial charge in [-0.25, -0.2) is 0 Å². The molecule has 0 aromatic carbocycles. The average Bonchev–Trinajstić information content (AvgIpc) is 1.59. The number of allylic oxidation sites excluding steroid dienone is 2. The Labute approximate surface area is 54.5 Å². The van der Waals surface area contributed by atoms with Crippen LogP contribution in [-0.2, 0) is 9.53 Å². The van der Waals surface area contributed by atoms with Crippen LogP contribution in [0.5, 0.6) is 0 Å². The Morgan fingerprint density at radius 1 is 1.78 bits per heavy atom. The molecule has 1 atom stereocenters. The van der Waals surface area contributed by atoms with Gasteiger partial charge in [0, 0.05) is 12.5 Å². The molecule has 1 aliphatic rings. The van der Waals surface area contributed by atoms with Crippen molar-refractivity contribution in [3.8, 4) is 0 Å². The zero-order valence-electron chi connectivity index (χ0n) is 5.68. The summed E-state index contributed by atoms with van der Waals surface area (Å²) in [5.74, 6) is 0.907. The van der Waals surface area contributed by atoms with E-state index in [4.69, 9.17) is 4.74 Å². The van der Waals surface area contributed by atoms with Crippen LogP contribution in [0.15, 0.2) is 11.8 Å². The van der Waals surface area contributed by atoms with E-state index in [1.54, 1.807) is 13.0 Å². The second kappa shape index (κ2) is 2.21. The Morgan fingerprint density at radius 3 is 2.89 bits per heavy atom. The Morgan fingerprint density at radius 2 is 2.44 bits per heavy atom. The van der Waals surface area contributed by atoms with Crippen molar-refractivity contribution in [1.82, 2.24) is 0 Å². The summed E-state index contributed by atoms with van der Waals surface area (Å²) in [4.78, 5) is 10.7. The molecule has 2 heteroatoms. The smallest absolute Gasteiger partial charge is 0.162 e. The predicted molar refractivity (Wildman–Crippen MR) is 33.9 cm³/mol. The van der Waals surface area contributed by atoms with Gasteiger partial charge in [-0.1, -0.05) is 0 Å². The van der Waals surface area contributed by atoms with Gasteiger partial charge in [0.2, 0.25) is 0 Å². The summed E-state index contributed by atoms with van der Waals surface area (Å²) >= 11 is 0.